The molecule has 1 N–H and O–H groups in total. The second-order valence-corrected chi connectivity index (χ2v) is 6.70. The van der Waals surface area contributed by atoms with Gasteiger partial charge in [0.05, 0.1) is 12.3 Å². The topological polar surface area (TPSA) is 83.2 Å². The molecule has 1 aliphatic rings. The summed E-state index contributed by atoms with van der Waals surface area (Å²) in [5.74, 6) is 0.890. The molecular formula is C19H33N5O3. The van der Waals surface area contributed by atoms with Crippen LogP contribution in [-0.4, -0.2) is 73.3 Å². The van der Waals surface area contributed by atoms with Crippen LogP contribution in [0.15, 0.2) is 21.8 Å². The normalized spacial score (nSPS) is 15.8. The molecule has 0 aromatic carbocycles. The van der Waals surface area contributed by atoms with Crippen molar-refractivity contribution in [2.75, 3.05) is 46.4 Å². The Kier molecular flexibility index (Phi) is 9.68. The number of hydrogen-bond acceptors (Lipinski definition) is 6. The Hall–Kier alpha value is -2.09. The molecule has 0 aliphatic carbocycles. The average molecular weight is 380 g/mol. The van der Waals surface area contributed by atoms with E-state index in [9.17, 15) is 4.79 Å². The number of carbonyl (C=O) groups is 1. The van der Waals surface area contributed by atoms with Crippen LogP contribution < -0.4 is 5.32 Å². The molecule has 0 radical (unpaired) electrons. The number of piperazine rings is 1. The van der Waals surface area contributed by atoms with E-state index in [1.165, 1.54) is 0 Å². The van der Waals surface area contributed by atoms with E-state index in [1.807, 2.05) is 20.0 Å². The van der Waals surface area contributed by atoms with Crippen LogP contribution in [0.25, 0.3) is 0 Å². The average Bonchev–Trinajstić information content (AvgIpc) is 3.18. The fourth-order valence-electron chi connectivity index (χ4n) is 3.18. The van der Waals surface area contributed by atoms with Crippen LogP contribution in [-0.2, 0) is 16.1 Å². The van der Waals surface area contributed by atoms with Crippen molar-refractivity contribution < 1.29 is 14.1 Å². The van der Waals surface area contributed by atoms with Crippen molar-refractivity contribution in [1.29, 1.82) is 0 Å². The maximum Gasteiger partial charge on any atom is 0.305 e. The molecular weight excluding hydrogens is 346 g/mol. The molecule has 1 fully saturated rings. The van der Waals surface area contributed by atoms with Gasteiger partial charge in [0.1, 0.15) is 6.26 Å². The third kappa shape index (κ3) is 7.99. The smallest absolute Gasteiger partial charge is 0.305 e. The zero-order valence-electron chi connectivity index (χ0n) is 16.7. The quantitative estimate of drug-likeness (QED) is 0.288. The van der Waals surface area contributed by atoms with Crippen molar-refractivity contribution in [3.05, 3.63) is 18.0 Å². The summed E-state index contributed by atoms with van der Waals surface area (Å²) in [6, 6.07) is 1.92. The Morgan fingerprint density at radius 2 is 2.04 bits per heavy atom. The van der Waals surface area contributed by atoms with E-state index in [1.54, 1.807) is 6.26 Å². The van der Waals surface area contributed by atoms with Crippen molar-refractivity contribution in [2.45, 2.75) is 45.6 Å². The first-order valence-corrected chi connectivity index (χ1v) is 9.95. The summed E-state index contributed by atoms with van der Waals surface area (Å²) in [4.78, 5) is 20.4. The van der Waals surface area contributed by atoms with Gasteiger partial charge in [-0.2, -0.15) is 0 Å². The third-order valence-corrected chi connectivity index (χ3v) is 4.66. The minimum atomic E-state index is -0.0845. The van der Waals surface area contributed by atoms with E-state index in [-0.39, 0.29) is 5.97 Å². The lowest BCUT2D eigenvalue weighted by Crippen LogP contribution is -2.52. The minimum Gasteiger partial charge on any atom is -0.466 e. The van der Waals surface area contributed by atoms with Crippen molar-refractivity contribution in [2.24, 2.45) is 4.99 Å². The number of rotatable bonds is 10. The van der Waals surface area contributed by atoms with Gasteiger partial charge in [-0.25, -0.2) is 0 Å². The van der Waals surface area contributed by atoms with Crippen LogP contribution in [0.1, 0.15) is 44.7 Å². The second-order valence-electron chi connectivity index (χ2n) is 6.70. The molecule has 0 atom stereocenters. The molecule has 8 heteroatoms. The Labute approximate surface area is 161 Å². The number of esters is 1. The van der Waals surface area contributed by atoms with Gasteiger partial charge in [0.15, 0.2) is 5.96 Å². The maximum atomic E-state index is 11.3. The van der Waals surface area contributed by atoms with E-state index in [4.69, 9.17) is 9.26 Å². The zero-order valence-corrected chi connectivity index (χ0v) is 16.7. The van der Waals surface area contributed by atoms with Crippen LogP contribution in [0.3, 0.4) is 0 Å². The SMILES string of the molecule is CCOC(=O)CCCCCCNC(=NC)N1CCN(Cc2ccon2)CC1. The zero-order chi connectivity index (χ0) is 19.3. The van der Waals surface area contributed by atoms with E-state index in [0.29, 0.717) is 13.0 Å². The molecule has 1 aromatic rings. The summed E-state index contributed by atoms with van der Waals surface area (Å²) in [7, 11) is 1.84. The Morgan fingerprint density at radius 1 is 1.26 bits per heavy atom. The summed E-state index contributed by atoms with van der Waals surface area (Å²) < 4.78 is 9.83. The summed E-state index contributed by atoms with van der Waals surface area (Å²) in [6.07, 6.45) is 6.29. The number of ether oxygens (including phenoxy) is 1. The summed E-state index contributed by atoms with van der Waals surface area (Å²) >= 11 is 0. The Morgan fingerprint density at radius 3 is 2.70 bits per heavy atom. The van der Waals surface area contributed by atoms with Gasteiger partial charge in [-0.3, -0.25) is 14.7 Å². The van der Waals surface area contributed by atoms with Crippen molar-refractivity contribution >= 4 is 11.9 Å². The van der Waals surface area contributed by atoms with Crippen LogP contribution in [0.4, 0.5) is 0 Å². The number of nitrogens with zero attached hydrogens (tertiary/aromatic N) is 4. The number of nitrogens with one attached hydrogen (secondary N) is 1. The Bertz CT molecular complexity index is 554. The number of aliphatic imine (C=N–C) groups is 1. The van der Waals surface area contributed by atoms with Gasteiger partial charge in [-0.15, -0.1) is 0 Å². The highest BCUT2D eigenvalue weighted by Crippen LogP contribution is 2.08. The monoisotopic (exact) mass is 379 g/mol. The second kappa shape index (κ2) is 12.3. The molecule has 1 aromatic heterocycles. The van der Waals surface area contributed by atoms with Crippen LogP contribution >= 0.6 is 0 Å². The van der Waals surface area contributed by atoms with E-state index < -0.39 is 0 Å². The van der Waals surface area contributed by atoms with E-state index >= 15 is 0 Å². The number of aromatic nitrogens is 1. The van der Waals surface area contributed by atoms with Gasteiger partial charge >= 0.3 is 5.97 Å². The summed E-state index contributed by atoms with van der Waals surface area (Å²) in [5, 5.41) is 7.44. The first kappa shape index (κ1) is 21.2. The predicted molar refractivity (Wildman–Crippen MR) is 104 cm³/mol. The number of guanidine groups is 1. The molecule has 27 heavy (non-hydrogen) atoms. The molecule has 1 aliphatic heterocycles. The molecule has 8 nitrogen and oxygen atoms in total. The molecule has 2 rings (SSSR count). The third-order valence-electron chi connectivity index (χ3n) is 4.66. The fourth-order valence-corrected chi connectivity index (χ4v) is 3.18. The lowest BCUT2D eigenvalue weighted by Gasteiger charge is -2.36. The van der Waals surface area contributed by atoms with Crippen LogP contribution in [0, 0.1) is 0 Å². The van der Waals surface area contributed by atoms with Gasteiger partial charge < -0.3 is 19.5 Å². The van der Waals surface area contributed by atoms with Gasteiger partial charge in [0, 0.05) is 58.8 Å². The van der Waals surface area contributed by atoms with Crippen molar-refractivity contribution in [1.82, 2.24) is 20.3 Å². The number of hydrogen-bond donors (Lipinski definition) is 1. The highest BCUT2D eigenvalue weighted by atomic mass is 16.5. The molecule has 152 valence electrons. The molecule has 0 spiro atoms. The molecule has 0 amide bonds. The van der Waals surface area contributed by atoms with Gasteiger partial charge in [-0.1, -0.05) is 18.0 Å². The first-order chi connectivity index (χ1) is 13.2. The molecule has 0 unspecified atom stereocenters. The largest absolute Gasteiger partial charge is 0.466 e. The first-order valence-electron chi connectivity index (χ1n) is 9.95. The minimum absolute atomic E-state index is 0.0845. The van der Waals surface area contributed by atoms with Crippen LogP contribution in [0.5, 0.6) is 0 Å². The molecule has 0 saturated carbocycles. The van der Waals surface area contributed by atoms with Crippen molar-refractivity contribution in [3.63, 3.8) is 0 Å². The summed E-state index contributed by atoms with van der Waals surface area (Å²) in [6.45, 7) is 7.94. The van der Waals surface area contributed by atoms with Gasteiger partial charge in [0.2, 0.25) is 0 Å². The lowest BCUT2D eigenvalue weighted by molar-refractivity contribution is -0.143. The van der Waals surface area contributed by atoms with E-state index in [2.05, 4.69) is 25.3 Å². The molecule has 0 bridgehead atoms. The molecule has 2 heterocycles. The Balaban J connectivity index is 1.55. The predicted octanol–water partition coefficient (Wildman–Crippen LogP) is 1.88. The number of unbranched alkanes of at least 4 members (excludes halogenated alkanes) is 3. The standard InChI is InChI=1S/C19H33N5O3/c1-3-26-18(25)8-6-4-5-7-10-21-19(20-2)24-13-11-23(12-14-24)16-17-9-15-27-22-17/h9,15H,3-8,10-14,16H2,1-2H3,(H,20,21). The highest BCUT2D eigenvalue weighted by Gasteiger charge is 2.20. The maximum absolute atomic E-state index is 11.3. The summed E-state index contributed by atoms with van der Waals surface area (Å²) in [5.41, 5.74) is 0.980. The highest BCUT2D eigenvalue weighted by molar-refractivity contribution is 5.79. The lowest BCUT2D eigenvalue weighted by atomic mass is 10.1. The number of carbonyl (C=O) groups excluding carboxylic acids is 1. The van der Waals surface area contributed by atoms with E-state index in [0.717, 1.165) is 76.6 Å². The van der Waals surface area contributed by atoms with Gasteiger partial charge in [-0.05, 0) is 19.8 Å². The van der Waals surface area contributed by atoms with Crippen molar-refractivity contribution in [3.8, 4) is 0 Å². The van der Waals surface area contributed by atoms with Crippen LogP contribution in [0.2, 0.25) is 0 Å². The fraction of sp³-hybridized carbons (Fsp3) is 0.737. The molecule has 1 saturated heterocycles. The van der Waals surface area contributed by atoms with Gasteiger partial charge in [0.25, 0.3) is 0 Å².